The molecular weight excluding hydrogens is 314 g/mol. The third kappa shape index (κ3) is 15.1. The van der Waals surface area contributed by atoms with Crippen molar-refractivity contribution in [3.63, 3.8) is 0 Å². The molecule has 0 saturated heterocycles. The van der Waals surface area contributed by atoms with Gasteiger partial charge in [-0.3, -0.25) is 0 Å². The van der Waals surface area contributed by atoms with Crippen LogP contribution in [-0.2, 0) is 0 Å². The SMILES string of the molecule is CCCCCCCCCC[N+](CC)(CCC)CCCCCCCCCC. The van der Waals surface area contributed by atoms with Crippen LogP contribution in [0.3, 0.4) is 0 Å². The van der Waals surface area contributed by atoms with Crippen molar-refractivity contribution in [3.05, 3.63) is 0 Å². The van der Waals surface area contributed by atoms with Crippen LogP contribution in [0.4, 0.5) is 0 Å². The Bertz CT molecular complexity index is 241. The first-order chi connectivity index (χ1) is 12.7. The normalized spacial score (nSPS) is 12.0. The molecule has 1 heteroatoms. The van der Waals surface area contributed by atoms with Gasteiger partial charge in [-0.2, -0.15) is 0 Å². The fraction of sp³-hybridized carbons (Fsp3) is 1.00. The third-order valence-corrected chi connectivity index (χ3v) is 6.34. The Morgan fingerprint density at radius 3 is 1.00 bits per heavy atom. The molecule has 26 heavy (non-hydrogen) atoms. The summed E-state index contributed by atoms with van der Waals surface area (Å²) in [4.78, 5) is 0. The average Bonchev–Trinajstić information content (AvgIpc) is 2.66. The number of unbranched alkanes of at least 4 members (excludes halogenated alkanes) is 14. The largest absolute Gasteiger partial charge is 0.324 e. The predicted molar refractivity (Wildman–Crippen MR) is 121 cm³/mol. The minimum Gasteiger partial charge on any atom is -0.324 e. The van der Waals surface area contributed by atoms with Crippen molar-refractivity contribution in [2.24, 2.45) is 0 Å². The van der Waals surface area contributed by atoms with Crippen molar-refractivity contribution >= 4 is 0 Å². The van der Waals surface area contributed by atoms with Gasteiger partial charge < -0.3 is 4.48 Å². The van der Waals surface area contributed by atoms with Gasteiger partial charge in [-0.05, 0) is 39.0 Å². The second-order valence-electron chi connectivity index (χ2n) is 8.78. The van der Waals surface area contributed by atoms with Gasteiger partial charge in [0.15, 0.2) is 0 Å². The molecule has 0 aliphatic carbocycles. The minimum atomic E-state index is 1.35. The van der Waals surface area contributed by atoms with E-state index in [4.69, 9.17) is 0 Å². The van der Waals surface area contributed by atoms with Crippen molar-refractivity contribution in [1.29, 1.82) is 0 Å². The van der Waals surface area contributed by atoms with E-state index in [2.05, 4.69) is 27.7 Å². The summed E-state index contributed by atoms with van der Waals surface area (Å²) in [7, 11) is 0. The second kappa shape index (κ2) is 19.7. The van der Waals surface area contributed by atoms with E-state index in [0.717, 1.165) is 0 Å². The van der Waals surface area contributed by atoms with Crippen molar-refractivity contribution < 1.29 is 4.48 Å². The third-order valence-electron chi connectivity index (χ3n) is 6.34. The monoisotopic (exact) mass is 368 g/mol. The van der Waals surface area contributed by atoms with E-state index in [-0.39, 0.29) is 0 Å². The number of quaternary nitrogens is 1. The molecule has 0 spiro atoms. The highest BCUT2D eigenvalue weighted by Crippen LogP contribution is 2.17. The molecule has 0 saturated carbocycles. The van der Waals surface area contributed by atoms with E-state index >= 15 is 0 Å². The summed E-state index contributed by atoms with van der Waals surface area (Å²) in [5.41, 5.74) is 0. The molecule has 158 valence electrons. The van der Waals surface area contributed by atoms with Gasteiger partial charge in [0.25, 0.3) is 0 Å². The smallest absolute Gasteiger partial charge is 0.0786 e. The lowest BCUT2D eigenvalue weighted by atomic mass is 10.1. The van der Waals surface area contributed by atoms with E-state index in [0.29, 0.717) is 0 Å². The maximum absolute atomic E-state index is 2.44. The van der Waals surface area contributed by atoms with Crippen LogP contribution < -0.4 is 0 Å². The molecule has 0 aliphatic rings. The molecule has 0 aliphatic heterocycles. The van der Waals surface area contributed by atoms with Gasteiger partial charge >= 0.3 is 0 Å². The lowest BCUT2D eigenvalue weighted by Crippen LogP contribution is -2.49. The van der Waals surface area contributed by atoms with Gasteiger partial charge in [-0.25, -0.2) is 0 Å². The molecule has 0 bridgehead atoms. The first-order valence-electron chi connectivity index (χ1n) is 12.6. The van der Waals surface area contributed by atoms with E-state index in [1.165, 1.54) is 140 Å². The van der Waals surface area contributed by atoms with Gasteiger partial charge in [0.2, 0.25) is 0 Å². The minimum absolute atomic E-state index is 1.35. The standard InChI is InChI=1S/C25H54N/c1-5-9-11-13-15-17-19-21-24-26(8-4,23-7-3)25-22-20-18-16-14-12-10-6-2/h5-25H2,1-4H3/q+1. The van der Waals surface area contributed by atoms with E-state index < -0.39 is 0 Å². The van der Waals surface area contributed by atoms with Crippen LogP contribution in [0.1, 0.15) is 137 Å². The van der Waals surface area contributed by atoms with Crippen molar-refractivity contribution in [2.75, 3.05) is 26.2 Å². The zero-order valence-corrected chi connectivity index (χ0v) is 19.3. The molecule has 0 aromatic heterocycles. The van der Waals surface area contributed by atoms with Crippen LogP contribution in [0.2, 0.25) is 0 Å². The van der Waals surface area contributed by atoms with Crippen LogP contribution in [0.15, 0.2) is 0 Å². The summed E-state index contributed by atoms with van der Waals surface area (Å²) in [5.74, 6) is 0. The summed E-state index contributed by atoms with van der Waals surface area (Å²) in [6.45, 7) is 15.1. The molecule has 0 aromatic rings. The maximum atomic E-state index is 2.44. The number of nitrogens with zero attached hydrogens (tertiary/aromatic N) is 1. The molecule has 0 rings (SSSR count). The van der Waals surface area contributed by atoms with E-state index in [9.17, 15) is 0 Å². The molecule has 0 heterocycles. The molecule has 0 aromatic carbocycles. The van der Waals surface area contributed by atoms with Crippen LogP contribution in [-0.4, -0.2) is 30.7 Å². The highest BCUT2D eigenvalue weighted by molar-refractivity contribution is 4.51. The summed E-state index contributed by atoms with van der Waals surface area (Å²) < 4.78 is 1.40. The summed E-state index contributed by atoms with van der Waals surface area (Å²) in [6, 6.07) is 0. The Balaban J connectivity index is 3.85. The summed E-state index contributed by atoms with van der Waals surface area (Å²) in [5, 5.41) is 0. The van der Waals surface area contributed by atoms with Crippen LogP contribution in [0.25, 0.3) is 0 Å². The van der Waals surface area contributed by atoms with E-state index in [1.807, 2.05) is 0 Å². The van der Waals surface area contributed by atoms with Crippen molar-refractivity contribution in [1.82, 2.24) is 0 Å². The van der Waals surface area contributed by atoms with Gasteiger partial charge in [-0.15, -0.1) is 0 Å². The van der Waals surface area contributed by atoms with Crippen LogP contribution in [0.5, 0.6) is 0 Å². The summed E-state index contributed by atoms with van der Waals surface area (Å²) >= 11 is 0. The Kier molecular flexibility index (Phi) is 19.7. The van der Waals surface area contributed by atoms with Gasteiger partial charge in [-0.1, -0.05) is 97.8 Å². The zero-order valence-electron chi connectivity index (χ0n) is 19.3. The lowest BCUT2D eigenvalue weighted by molar-refractivity contribution is -0.927. The Morgan fingerprint density at radius 2 is 0.692 bits per heavy atom. The van der Waals surface area contributed by atoms with Crippen LogP contribution >= 0.6 is 0 Å². The molecule has 0 atom stereocenters. The van der Waals surface area contributed by atoms with Gasteiger partial charge in [0.05, 0.1) is 26.2 Å². The molecular formula is C25H54N+. The quantitative estimate of drug-likeness (QED) is 0.141. The Hall–Kier alpha value is -0.0400. The predicted octanol–water partition coefficient (Wildman–Crippen LogP) is 8.51. The fourth-order valence-electron chi connectivity index (χ4n) is 4.45. The van der Waals surface area contributed by atoms with Gasteiger partial charge in [0.1, 0.15) is 0 Å². The second-order valence-corrected chi connectivity index (χ2v) is 8.78. The first-order valence-corrected chi connectivity index (χ1v) is 12.6. The number of hydrogen-bond donors (Lipinski definition) is 0. The fourth-order valence-corrected chi connectivity index (χ4v) is 4.45. The van der Waals surface area contributed by atoms with E-state index in [1.54, 1.807) is 0 Å². The Morgan fingerprint density at radius 1 is 0.346 bits per heavy atom. The zero-order chi connectivity index (χ0) is 19.3. The molecule has 0 fully saturated rings. The summed E-state index contributed by atoms with van der Waals surface area (Å²) in [6.07, 6.45) is 24.5. The molecule has 1 nitrogen and oxygen atoms in total. The molecule has 0 amide bonds. The highest BCUT2D eigenvalue weighted by atomic mass is 15.3. The molecule has 0 radical (unpaired) electrons. The highest BCUT2D eigenvalue weighted by Gasteiger charge is 2.23. The molecule has 0 unspecified atom stereocenters. The van der Waals surface area contributed by atoms with Gasteiger partial charge in [0, 0.05) is 0 Å². The van der Waals surface area contributed by atoms with Crippen molar-refractivity contribution in [2.45, 2.75) is 137 Å². The maximum Gasteiger partial charge on any atom is 0.0786 e. The number of hydrogen-bond acceptors (Lipinski definition) is 0. The topological polar surface area (TPSA) is 0 Å². The number of rotatable bonds is 21. The van der Waals surface area contributed by atoms with Crippen LogP contribution in [0, 0.1) is 0 Å². The molecule has 0 N–H and O–H groups in total. The Labute approximate surface area is 167 Å². The van der Waals surface area contributed by atoms with Crippen molar-refractivity contribution in [3.8, 4) is 0 Å². The lowest BCUT2D eigenvalue weighted by Gasteiger charge is -2.38. The average molecular weight is 369 g/mol. The first kappa shape index (κ1) is 26.0.